The average molecular weight is 493 g/mol. The first kappa shape index (κ1) is 25.8. The van der Waals surface area contributed by atoms with E-state index < -0.39 is 0 Å². The number of likely N-dealkylation sites (tertiary alicyclic amines) is 1. The second kappa shape index (κ2) is 9.99. The maximum Gasteiger partial charge on any atom is 0.224 e. The second-order valence-electron chi connectivity index (χ2n) is 10.8. The molecular formula is C27H36N6O3. The van der Waals surface area contributed by atoms with Crippen molar-refractivity contribution in [1.29, 1.82) is 0 Å². The fraction of sp³-hybridized carbons (Fsp3) is 0.481. The Hall–Kier alpha value is -3.30. The van der Waals surface area contributed by atoms with Crippen LogP contribution in [-0.4, -0.2) is 61.0 Å². The number of carbonyl (C=O) groups is 1. The van der Waals surface area contributed by atoms with Crippen LogP contribution in [0.4, 0.5) is 0 Å². The highest BCUT2D eigenvalue weighted by Crippen LogP contribution is 2.47. The highest BCUT2D eigenvalue weighted by molar-refractivity contribution is 5.78. The van der Waals surface area contributed by atoms with E-state index in [1.54, 1.807) is 25.6 Å². The molecule has 1 unspecified atom stereocenters. The number of phenolic OH excluding ortho intramolecular Hbond substituents is 1. The molecule has 3 aromatic rings. The van der Waals surface area contributed by atoms with Gasteiger partial charge in [0.15, 0.2) is 0 Å². The van der Waals surface area contributed by atoms with Gasteiger partial charge in [0, 0.05) is 48.5 Å². The van der Waals surface area contributed by atoms with Gasteiger partial charge in [-0.1, -0.05) is 6.07 Å². The molecule has 0 bridgehead atoms. The molecule has 2 aromatic heterocycles. The molecule has 4 rings (SSSR count). The van der Waals surface area contributed by atoms with E-state index >= 15 is 0 Å². The number of benzene rings is 1. The van der Waals surface area contributed by atoms with Crippen molar-refractivity contribution in [3.05, 3.63) is 48.4 Å². The van der Waals surface area contributed by atoms with Crippen molar-refractivity contribution >= 4 is 5.91 Å². The molecule has 9 nitrogen and oxygen atoms in total. The quantitative estimate of drug-likeness (QED) is 0.453. The lowest BCUT2D eigenvalue weighted by Crippen LogP contribution is -2.63. The maximum absolute atomic E-state index is 12.9. The molecule has 0 saturated carbocycles. The van der Waals surface area contributed by atoms with Crippen molar-refractivity contribution in [2.75, 3.05) is 13.7 Å². The van der Waals surface area contributed by atoms with Gasteiger partial charge in [-0.2, -0.15) is 15.3 Å². The summed E-state index contributed by atoms with van der Waals surface area (Å²) in [7, 11) is 1.69. The zero-order valence-electron chi connectivity index (χ0n) is 21.7. The average Bonchev–Trinajstić information content (AvgIpc) is 3.34. The van der Waals surface area contributed by atoms with Crippen molar-refractivity contribution in [2.24, 2.45) is 11.7 Å². The molecule has 1 amide bonds. The summed E-state index contributed by atoms with van der Waals surface area (Å²) in [6.07, 6.45) is 5.09. The van der Waals surface area contributed by atoms with Gasteiger partial charge in [0.2, 0.25) is 5.91 Å². The van der Waals surface area contributed by atoms with Crippen molar-refractivity contribution < 1.29 is 14.6 Å². The molecule has 4 N–H and O–H groups in total. The number of hydrogen-bond donors (Lipinski definition) is 3. The van der Waals surface area contributed by atoms with Gasteiger partial charge in [-0.15, -0.1) is 0 Å². The normalized spacial score (nSPS) is 18.2. The molecule has 0 spiro atoms. The van der Waals surface area contributed by atoms with E-state index in [4.69, 9.17) is 10.5 Å². The summed E-state index contributed by atoms with van der Waals surface area (Å²) in [5.41, 5.74) is 8.62. The molecule has 1 aromatic carbocycles. The molecular weight excluding hydrogens is 456 g/mol. The van der Waals surface area contributed by atoms with Crippen LogP contribution in [0, 0.1) is 5.92 Å². The summed E-state index contributed by atoms with van der Waals surface area (Å²) in [6.45, 7) is 8.76. The molecule has 0 aliphatic carbocycles. The Morgan fingerprint density at radius 3 is 2.42 bits per heavy atom. The number of piperidine rings is 1. The Morgan fingerprint density at radius 1 is 1.17 bits per heavy atom. The van der Waals surface area contributed by atoms with Crippen LogP contribution in [0.5, 0.6) is 5.75 Å². The van der Waals surface area contributed by atoms with Crippen LogP contribution >= 0.6 is 0 Å². The van der Waals surface area contributed by atoms with Crippen molar-refractivity contribution in [3.8, 4) is 28.1 Å². The van der Waals surface area contributed by atoms with Crippen molar-refractivity contribution in [1.82, 2.24) is 25.3 Å². The number of amides is 1. The summed E-state index contributed by atoms with van der Waals surface area (Å²) < 4.78 is 5.95. The molecule has 192 valence electrons. The second-order valence-corrected chi connectivity index (χ2v) is 10.8. The largest absolute Gasteiger partial charge is 0.507 e. The van der Waals surface area contributed by atoms with Crippen LogP contribution in [0.15, 0.2) is 42.7 Å². The maximum atomic E-state index is 12.9. The predicted octanol–water partition coefficient (Wildman–Crippen LogP) is 4.07. The number of nitrogens with one attached hydrogen (secondary N) is 1. The number of hydrogen-bond acceptors (Lipinski definition) is 7. The minimum absolute atomic E-state index is 0.0858. The highest BCUT2D eigenvalue weighted by Gasteiger charge is 2.49. The van der Waals surface area contributed by atoms with E-state index in [1.807, 2.05) is 29.2 Å². The molecule has 1 atom stereocenters. The predicted molar refractivity (Wildman–Crippen MR) is 138 cm³/mol. The SMILES string of the molecule is COC(c1ccc(-c2ccc(-c3cn[nH]c3)cc2O)nn1)C1CC(C)(C)N(C(=O)CCN)C(C)(C)C1. The Bertz CT molecular complexity index is 1170. The number of aromatic nitrogens is 4. The van der Waals surface area contributed by atoms with Gasteiger partial charge in [0.05, 0.1) is 17.6 Å². The summed E-state index contributed by atoms with van der Waals surface area (Å²) in [6, 6.07) is 9.20. The number of nitrogens with zero attached hydrogens (tertiary/aromatic N) is 4. The number of phenols is 1. The number of aromatic hydroxyl groups is 1. The Kier molecular flexibility index (Phi) is 7.15. The number of ether oxygens (including phenoxy) is 1. The Balaban J connectivity index is 1.56. The summed E-state index contributed by atoms with van der Waals surface area (Å²) in [5, 5.41) is 26.3. The van der Waals surface area contributed by atoms with E-state index in [-0.39, 0.29) is 34.8 Å². The van der Waals surface area contributed by atoms with E-state index in [9.17, 15) is 9.90 Å². The summed E-state index contributed by atoms with van der Waals surface area (Å²) in [4.78, 5) is 14.9. The molecule has 1 saturated heterocycles. The number of methoxy groups -OCH3 is 1. The van der Waals surface area contributed by atoms with Crippen molar-refractivity contribution in [3.63, 3.8) is 0 Å². The Morgan fingerprint density at radius 2 is 1.89 bits per heavy atom. The van der Waals surface area contributed by atoms with Gasteiger partial charge in [-0.05, 0) is 76.3 Å². The molecule has 1 fully saturated rings. The monoisotopic (exact) mass is 492 g/mol. The first-order valence-electron chi connectivity index (χ1n) is 12.3. The molecule has 0 radical (unpaired) electrons. The minimum Gasteiger partial charge on any atom is -0.507 e. The lowest BCUT2D eigenvalue weighted by atomic mass is 9.71. The molecule has 1 aliphatic heterocycles. The van der Waals surface area contributed by atoms with E-state index in [1.165, 1.54) is 0 Å². The van der Waals surface area contributed by atoms with E-state index in [2.05, 4.69) is 48.1 Å². The van der Waals surface area contributed by atoms with Crippen LogP contribution in [0.2, 0.25) is 0 Å². The molecule has 9 heteroatoms. The van der Waals surface area contributed by atoms with Crippen LogP contribution in [0.25, 0.3) is 22.4 Å². The van der Waals surface area contributed by atoms with Gasteiger partial charge in [-0.3, -0.25) is 9.89 Å². The molecule has 3 heterocycles. The first-order chi connectivity index (χ1) is 17.1. The third kappa shape index (κ3) is 4.99. The van der Waals surface area contributed by atoms with Crippen molar-refractivity contribution in [2.45, 2.75) is 64.1 Å². The number of carbonyl (C=O) groups excluding carboxylic acids is 1. The topological polar surface area (TPSA) is 130 Å². The van der Waals surface area contributed by atoms with Crippen LogP contribution in [0.1, 0.15) is 58.8 Å². The van der Waals surface area contributed by atoms with Crippen LogP contribution in [-0.2, 0) is 9.53 Å². The van der Waals surface area contributed by atoms with Gasteiger partial charge >= 0.3 is 0 Å². The lowest BCUT2D eigenvalue weighted by Gasteiger charge is -2.56. The molecule has 1 aliphatic rings. The zero-order chi connectivity index (χ0) is 26.1. The minimum atomic E-state index is -0.356. The fourth-order valence-corrected chi connectivity index (χ4v) is 6.01. The summed E-state index contributed by atoms with van der Waals surface area (Å²) >= 11 is 0. The van der Waals surface area contributed by atoms with Crippen LogP contribution < -0.4 is 5.73 Å². The van der Waals surface area contributed by atoms with E-state index in [0.29, 0.717) is 24.2 Å². The Labute approximate surface area is 212 Å². The van der Waals surface area contributed by atoms with Gasteiger partial charge in [-0.25, -0.2) is 0 Å². The standard InChI is InChI=1S/C27H36N6O3/c1-26(2)13-18(14-27(3,4)33(26)24(35)10-11-28)25(36-5)22-9-8-21(31-32-22)20-7-6-17(12-23(20)34)19-15-29-30-16-19/h6-9,12,15-16,18,25,34H,10-11,13-14,28H2,1-5H3,(H,29,30). The molecule has 36 heavy (non-hydrogen) atoms. The number of H-pyrrole nitrogens is 1. The first-order valence-corrected chi connectivity index (χ1v) is 12.3. The van der Waals surface area contributed by atoms with Gasteiger partial charge in [0.1, 0.15) is 11.9 Å². The smallest absolute Gasteiger partial charge is 0.224 e. The zero-order valence-corrected chi connectivity index (χ0v) is 21.7. The van der Waals surface area contributed by atoms with E-state index in [0.717, 1.165) is 29.7 Å². The highest BCUT2D eigenvalue weighted by atomic mass is 16.5. The van der Waals surface area contributed by atoms with Crippen LogP contribution in [0.3, 0.4) is 0 Å². The third-order valence-electron chi connectivity index (χ3n) is 7.11. The van der Waals surface area contributed by atoms with Gasteiger partial charge < -0.3 is 20.5 Å². The number of rotatable bonds is 7. The lowest BCUT2D eigenvalue weighted by molar-refractivity contribution is -0.155. The number of aromatic amines is 1. The fourth-order valence-electron chi connectivity index (χ4n) is 6.01. The summed E-state index contributed by atoms with van der Waals surface area (Å²) in [5.74, 6) is 0.351. The van der Waals surface area contributed by atoms with Gasteiger partial charge in [0.25, 0.3) is 0 Å². The number of nitrogens with two attached hydrogens (primary N) is 1. The third-order valence-corrected chi connectivity index (χ3v) is 7.11.